The number of anilines is 2. The molecule has 0 amide bonds. The minimum atomic E-state index is 0.0387. The number of aromatic nitrogens is 2. The second-order valence-corrected chi connectivity index (χ2v) is 9.41. The molecule has 4 saturated carbocycles. The number of ketones is 1. The lowest BCUT2D eigenvalue weighted by molar-refractivity contribution is -0.0492. The van der Waals surface area contributed by atoms with Gasteiger partial charge in [-0.2, -0.15) is 5.10 Å². The highest BCUT2D eigenvalue weighted by Gasteiger charge is 2.52. The monoisotopic (exact) mass is 394 g/mol. The van der Waals surface area contributed by atoms with Gasteiger partial charge < -0.3 is 10.6 Å². The van der Waals surface area contributed by atoms with E-state index in [0.29, 0.717) is 10.7 Å². The molecule has 28 heavy (non-hydrogen) atoms. The predicted octanol–water partition coefficient (Wildman–Crippen LogP) is 4.82. The van der Waals surface area contributed by atoms with Gasteiger partial charge in [-0.25, -0.2) is 0 Å². The van der Waals surface area contributed by atoms with Crippen molar-refractivity contribution >= 4 is 34.6 Å². The lowest BCUT2D eigenvalue weighted by Gasteiger charge is -2.56. The first-order chi connectivity index (χ1) is 13.5. The number of thiocarbonyl (C=S) groups is 1. The first kappa shape index (κ1) is 17.9. The average molecular weight is 395 g/mol. The molecule has 0 unspecified atom stereocenters. The summed E-state index contributed by atoms with van der Waals surface area (Å²) in [5.41, 5.74) is 1.68. The van der Waals surface area contributed by atoms with Crippen molar-refractivity contribution in [2.45, 2.75) is 51.0 Å². The Labute approximate surface area is 170 Å². The summed E-state index contributed by atoms with van der Waals surface area (Å²) in [6.07, 6.45) is 10.2. The van der Waals surface area contributed by atoms with Gasteiger partial charge in [0, 0.05) is 23.5 Å². The minimum absolute atomic E-state index is 0.0387. The second-order valence-electron chi connectivity index (χ2n) is 9.00. The van der Waals surface area contributed by atoms with E-state index in [4.69, 9.17) is 17.3 Å². The highest BCUT2D eigenvalue weighted by atomic mass is 32.1. The molecule has 4 fully saturated rings. The molecule has 0 atom stereocenters. The van der Waals surface area contributed by atoms with Gasteiger partial charge in [-0.15, -0.1) is 0 Å². The Hall–Kier alpha value is -2.21. The van der Waals surface area contributed by atoms with E-state index in [-0.39, 0.29) is 11.3 Å². The number of nitrogens with zero attached hydrogens (tertiary/aromatic N) is 2. The fraction of sp³-hybridized carbons (Fsp3) is 0.500. The van der Waals surface area contributed by atoms with Crippen LogP contribution in [0.15, 0.2) is 36.5 Å². The Balaban J connectivity index is 1.27. The molecule has 2 aromatic rings. The van der Waals surface area contributed by atoms with Gasteiger partial charge >= 0.3 is 0 Å². The normalized spacial score (nSPS) is 30.2. The third-order valence-corrected chi connectivity index (χ3v) is 7.05. The van der Waals surface area contributed by atoms with Crippen LogP contribution < -0.4 is 10.6 Å². The minimum Gasteiger partial charge on any atom is -0.332 e. The Morgan fingerprint density at radius 1 is 1.11 bits per heavy atom. The van der Waals surface area contributed by atoms with Gasteiger partial charge in [0.25, 0.3) is 0 Å². The van der Waals surface area contributed by atoms with Crippen LogP contribution >= 0.6 is 12.2 Å². The summed E-state index contributed by atoms with van der Waals surface area (Å²) in [6.45, 7) is 1.56. The molecule has 4 aliphatic rings. The number of carbonyl (C=O) groups is 1. The number of hydrogen-bond acceptors (Lipinski definition) is 3. The molecule has 2 N–H and O–H groups in total. The molecule has 0 spiro atoms. The maximum absolute atomic E-state index is 11.6. The van der Waals surface area contributed by atoms with Crippen molar-refractivity contribution in [2.24, 2.45) is 17.8 Å². The average Bonchev–Trinajstić information content (AvgIpc) is 3.10. The third kappa shape index (κ3) is 3.24. The van der Waals surface area contributed by atoms with Crippen LogP contribution in [0, 0.1) is 17.8 Å². The summed E-state index contributed by atoms with van der Waals surface area (Å²) in [5.74, 6) is 3.49. The van der Waals surface area contributed by atoms with Gasteiger partial charge in [-0.3, -0.25) is 9.48 Å². The number of rotatable bonds is 4. The summed E-state index contributed by atoms with van der Waals surface area (Å²) in [5, 5.41) is 11.7. The van der Waals surface area contributed by atoms with Crippen molar-refractivity contribution in [1.29, 1.82) is 0 Å². The van der Waals surface area contributed by atoms with E-state index in [1.165, 1.54) is 38.5 Å². The standard InChI is InChI=1S/C22H26N4OS/c1-14(27)18-3-2-4-19(10-18)23-21(28)24-20-5-6-26(25-20)22-11-15-7-16(12-22)9-17(8-15)13-22/h2-6,10,15-17H,7-9,11-13H2,1H3,(H2,23,24,25,28). The molecule has 146 valence electrons. The van der Waals surface area contributed by atoms with Crippen LogP contribution in [0.3, 0.4) is 0 Å². The van der Waals surface area contributed by atoms with Crippen LogP contribution in [-0.4, -0.2) is 20.7 Å². The fourth-order valence-corrected chi connectivity index (χ4v) is 6.32. The molecule has 5 nitrogen and oxygen atoms in total. The topological polar surface area (TPSA) is 59.0 Å². The third-order valence-electron chi connectivity index (χ3n) is 6.85. The van der Waals surface area contributed by atoms with Crippen LogP contribution in [0.1, 0.15) is 55.8 Å². The van der Waals surface area contributed by atoms with Crippen LogP contribution in [0.5, 0.6) is 0 Å². The highest BCUT2D eigenvalue weighted by Crippen LogP contribution is 2.58. The Morgan fingerprint density at radius 2 is 1.79 bits per heavy atom. The predicted molar refractivity (Wildman–Crippen MR) is 115 cm³/mol. The SMILES string of the molecule is CC(=O)c1cccc(NC(=S)Nc2ccn(C34CC5CC(CC(C5)C3)C4)n2)c1. The molecule has 0 saturated heterocycles. The Kier molecular flexibility index (Phi) is 4.27. The van der Waals surface area contributed by atoms with Crippen LogP contribution in [0.25, 0.3) is 0 Å². The second kappa shape index (κ2) is 6.69. The molecule has 1 heterocycles. The maximum atomic E-state index is 11.6. The van der Waals surface area contributed by atoms with E-state index in [1.54, 1.807) is 13.0 Å². The molecule has 4 aliphatic carbocycles. The van der Waals surface area contributed by atoms with Crippen molar-refractivity contribution in [3.8, 4) is 0 Å². The molecule has 6 heteroatoms. The molecule has 0 radical (unpaired) electrons. The van der Waals surface area contributed by atoms with Crippen LogP contribution in [0.4, 0.5) is 11.5 Å². The van der Waals surface area contributed by atoms with E-state index >= 15 is 0 Å². The largest absolute Gasteiger partial charge is 0.332 e. The molecular formula is C22H26N4OS. The van der Waals surface area contributed by atoms with Gasteiger partial charge in [0.2, 0.25) is 0 Å². The quantitative estimate of drug-likeness (QED) is 0.575. The van der Waals surface area contributed by atoms with Crippen LogP contribution in [0.2, 0.25) is 0 Å². The first-order valence-corrected chi connectivity index (χ1v) is 10.7. The van der Waals surface area contributed by atoms with Crippen molar-refractivity contribution < 1.29 is 4.79 Å². The van der Waals surface area contributed by atoms with Gasteiger partial charge in [-0.1, -0.05) is 12.1 Å². The zero-order valence-corrected chi connectivity index (χ0v) is 17.0. The van der Waals surface area contributed by atoms with Gasteiger partial charge in [0.1, 0.15) is 0 Å². The lowest BCUT2D eigenvalue weighted by Crippen LogP contribution is -2.52. The van der Waals surface area contributed by atoms with Crippen molar-refractivity contribution in [2.75, 3.05) is 10.6 Å². The molecule has 6 rings (SSSR count). The lowest BCUT2D eigenvalue weighted by atomic mass is 9.53. The van der Waals surface area contributed by atoms with E-state index in [9.17, 15) is 4.79 Å². The van der Waals surface area contributed by atoms with Crippen molar-refractivity contribution in [1.82, 2.24) is 9.78 Å². The first-order valence-electron chi connectivity index (χ1n) is 10.2. The Morgan fingerprint density at radius 3 is 2.43 bits per heavy atom. The summed E-state index contributed by atoms with van der Waals surface area (Å²) in [7, 11) is 0. The number of hydrogen-bond donors (Lipinski definition) is 2. The van der Waals surface area contributed by atoms with E-state index in [2.05, 4.69) is 21.5 Å². The molecule has 1 aromatic carbocycles. The van der Waals surface area contributed by atoms with Gasteiger partial charge in [0.05, 0.1) is 5.54 Å². The summed E-state index contributed by atoms with van der Waals surface area (Å²) in [4.78, 5) is 11.6. The zero-order valence-electron chi connectivity index (χ0n) is 16.1. The summed E-state index contributed by atoms with van der Waals surface area (Å²) in [6, 6.07) is 9.37. The number of nitrogens with one attached hydrogen (secondary N) is 2. The maximum Gasteiger partial charge on any atom is 0.176 e. The zero-order chi connectivity index (χ0) is 19.3. The van der Waals surface area contributed by atoms with Crippen LogP contribution in [-0.2, 0) is 5.54 Å². The van der Waals surface area contributed by atoms with Crippen molar-refractivity contribution in [3.05, 3.63) is 42.1 Å². The molecule has 0 aliphatic heterocycles. The molecular weight excluding hydrogens is 368 g/mol. The number of carbonyl (C=O) groups excluding carboxylic acids is 1. The highest BCUT2D eigenvalue weighted by molar-refractivity contribution is 7.80. The number of Topliss-reactive ketones (excluding diaryl/α,β-unsaturated/α-hetero) is 1. The number of benzene rings is 1. The van der Waals surface area contributed by atoms with Crippen molar-refractivity contribution in [3.63, 3.8) is 0 Å². The molecule has 1 aromatic heterocycles. The van der Waals surface area contributed by atoms with E-state index in [1.807, 2.05) is 24.3 Å². The Bertz CT molecular complexity index is 899. The smallest absolute Gasteiger partial charge is 0.176 e. The fourth-order valence-electron chi connectivity index (χ4n) is 6.09. The molecule has 4 bridgehead atoms. The summed E-state index contributed by atoms with van der Waals surface area (Å²) < 4.78 is 2.22. The summed E-state index contributed by atoms with van der Waals surface area (Å²) >= 11 is 5.45. The van der Waals surface area contributed by atoms with E-state index < -0.39 is 0 Å². The van der Waals surface area contributed by atoms with Gasteiger partial charge in [-0.05, 0) is 87.6 Å². The van der Waals surface area contributed by atoms with Gasteiger partial charge in [0.15, 0.2) is 16.7 Å². The van der Waals surface area contributed by atoms with E-state index in [0.717, 1.165) is 29.3 Å².